The van der Waals surface area contributed by atoms with Gasteiger partial charge in [-0.05, 0) is 55.6 Å². The second-order valence-electron chi connectivity index (χ2n) is 4.48. The van der Waals surface area contributed by atoms with Gasteiger partial charge < -0.3 is 10.5 Å². The van der Waals surface area contributed by atoms with E-state index < -0.39 is 0 Å². The molecule has 0 amide bonds. The molecule has 2 aromatic rings. The van der Waals surface area contributed by atoms with Crippen LogP contribution in [0, 0.1) is 6.42 Å². The highest BCUT2D eigenvalue weighted by atomic mass is 16.5. The third kappa shape index (κ3) is 4.76. The second kappa shape index (κ2) is 7.59. The van der Waals surface area contributed by atoms with Gasteiger partial charge in [-0.2, -0.15) is 0 Å². The fourth-order valence-corrected chi connectivity index (χ4v) is 1.89. The van der Waals surface area contributed by atoms with Crippen LogP contribution in [0.15, 0.2) is 54.6 Å². The summed E-state index contributed by atoms with van der Waals surface area (Å²) in [6, 6.07) is 18.0. The summed E-state index contributed by atoms with van der Waals surface area (Å²) in [4.78, 5) is 0. The van der Waals surface area contributed by atoms with Crippen molar-refractivity contribution in [2.75, 3.05) is 6.54 Å². The van der Waals surface area contributed by atoms with Gasteiger partial charge in [0.15, 0.2) is 0 Å². The SMILES string of the molecule is NCCCC[CH]c1cccc(Oc2ccccc2)c1. The zero-order valence-electron chi connectivity index (χ0n) is 11.1. The molecule has 99 valence electrons. The smallest absolute Gasteiger partial charge is 0.127 e. The molecule has 0 bridgehead atoms. The van der Waals surface area contributed by atoms with Gasteiger partial charge in [0, 0.05) is 0 Å². The van der Waals surface area contributed by atoms with Gasteiger partial charge in [-0.1, -0.05) is 36.8 Å². The average Bonchev–Trinajstić information content (AvgIpc) is 2.45. The van der Waals surface area contributed by atoms with E-state index in [0.29, 0.717) is 0 Å². The number of hydrogen-bond donors (Lipinski definition) is 1. The number of rotatable bonds is 7. The summed E-state index contributed by atoms with van der Waals surface area (Å²) in [6.45, 7) is 0.769. The van der Waals surface area contributed by atoms with E-state index in [9.17, 15) is 0 Å². The van der Waals surface area contributed by atoms with Crippen molar-refractivity contribution in [3.05, 3.63) is 66.6 Å². The largest absolute Gasteiger partial charge is 0.457 e. The van der Waals surface area contributed by atoms with Gasteiger partial charge in [0.25, 0.3) is 0 Å². The molecule has 0 aliphatic carbocycles. The summed E-state index contributed by atoms with van der Waals surface area (Å²) < 4.78 is 5.81. The Morgan fingerprint density at radius 2 is 1.68 bits per heavy atom. The van der Waals surface area contributed by atoms with Crippen LogP contribution >= 0.6 is 0 Å². The maximum Gasteiger partial charge on any atom is 0.127 e. The van der Waals surface area contributed by atoms with Crippen molar-refractivity contribution in [1.82, 2.24) is 0 Å². The Labute approximate surface area is 115 Å². The first-order chi connectivity index (χ1) is 9.38. The summed E-state index contributed by atoms with van der Waals surface area (Å²) in [5, 5.41) is 0. The number of para-hydroxylation sites is 1. The minimum Gasteiger partial charge on any atom is -0.457 e. The lowest BCUT2D eigenvalue weighted by atomic mass is 10.1. The minimum absolute atomic E-state index is 0.769. The van der Waals surface area contributed by atoms with Crippen molar-refractivity contribution in [3.8, 4) is 11.5 Å². The molecule has 0 atom stereocenters. The standard InChI is InChI=1S/C17H20NO/c18-13-6-2-3-8-15-9-7-12-17(14-15)19-16-10-4-1-5-11-16/h1,4-5,7-12,14H,2-3,6,13,18H2. The average molecular weight is 254 g/mol. The van der Waals surface area contributed by atoms with Gasteiger partial charge in [-0.25, -0.2) is 0 Å². The summed E-state index contributed by atoms with van der Waals surface area (Å²) in [5.74, 6) is 1.74. The van der Waals surface area contributed by atoms with E-state index in [4.69, 9.17) is 10.5 Å². The fourth-order valence-electron chi connectivity index (χ4n) is 1.89. The van der Waals surface area contributed by atoms with E-state index in [1.807, 2.05) is 42.5 Å². The highest BCUT2D eigenvalue weighted by Gasteiger charge is 1.99. The molecular formula is C17H20NO. The molecule has 2 nitrogen and oxygen atoms in total. The van der Waals surface area contributed by atoms with E-state index in [0.717, 1.165) is 37.3 Å². The van der Waals surface area contributed by atoms with Gasteiger partial charge in [0.2, 0.25) is 0 Å². The van der Waals surface area contributed by atoms with E-state index >= 15 is 0 Å². The zero-order valence-corrected chi connectivity index (χ0v) is 11.1. The summed E-state index contributed by atoms with van der Waals surface area (Å²) in [6.07, 6.45) is 5.51. The Morgan fingerprint density at radius 1 is 0.895 bits per heavy atom. The fraction of sp³-hybridized carbons (Fsp3) is 0.235. The van der Waals surface area contributed by atoms with Crippen molar-refractivity contribution in [2.24, 2.45) is 5.73 Å². The molecule has 0 fully saturated rings. The molecular weight excluding hydrogens is 234 g/mol. The minimum atomic E-state index is 0.769. The van der Waals surface area contributed by atoms with Gasteiger partial charge in [-0.3, -0.25) is 0 Å². The first kappa shape index (κ1) is 13.6. The highest BCUT2D eigenvalue weighted by molar-refractivity contribution is 5.36. The van der Waals surface area contributed by atoms with Crippen molar-refractivity contribution >= 4 is 0 Å². The summed E-state index contributed by atoms with van der Waals surface area (Å²) in [7, 11) is 0. The lowest BCUT2D eigenvalue weighted by Gasteiger charge is -2.07. The van der Waals surface area contributed by atoms with Crippen LogP contribution in [0.25, 0.3) is 0 Å². The van der Waals surface area contributed by atoms with Crippen LogP contribution in [0.4, 0.5) is 0 Å². The van der Waals surface area contributed by atoms with Crippen molar-refractivity contribution in [1.29, 1.82) is 0 Å². The molecule has 0 aromatic heterocycles. The molecule has 1 radical (unpaired) electrons. The van der Waals surface area contributed by atoms with Crippen LogP contribution in [-0.2, 0) is 0 Å². The molecule has 2 heteroatoms. The number of nitrogens with two attached hydrogens (primary N) is 1. The normalized spacial score (nSPS) is 10.4. The Morgan fingerprint density at radius 3 is 2.47 bits per heavy atom. The van der Waals surface area contributed by atoms with Crippen LogP contribution in [0.3, 0.4) is 0 Å². The Bertz CT molecular complexity index is 482. The van der Waals surface area contributed by atoms with E-state index in [2.05, 4.69) is 18.6 Å². The summed E-state index contributed by atoms with van der Waals surface area (Å²) in [5.41, 5.74) is 6.68. The predicted octanol–water partition coefficient (Wildman–Crippen LogP) is 4.16. The topological polar surface area (TPSA) is 35.2 Å². The van der Waals surface area contributed by atoms with Gasteiger partial charge >= 0.3 is 0 Å². The third-order valence-electron chi connectivity index (χ3n) is 2.88. The van der Waals surface area contributed by atoms with Gasteiger partial charge in [-0.15, -0.1) is 0 Å². The van der Waals surface area contributed by atoms with Crippen LogP contribution < -0.4 is 10.5 Å². The number of ether oxygens (including phenoxy) is 1. The van der Waals surface area contributed by atoms with Crippen molar-refractivity contribution < 1.29 is 4.74 Å². The first-order valence-electron chi connectivity index (χ1n) is 6.75. The molecule has 2 aromatic carbocycles. The van der Waals surface area contributed by atoms with Crippen molar-refractivity contribution in [3.63, 3.8) is 0 Å². The van der Waals surface area contributed by atoms with Gasteiger partial charge in [0.05, 0.1) is 0 Å². The zero-order chi connectivity index (χ0) is 13.3. The number of hydrogen-bond acceptors (Lipinski definition) is 2. The number of benzene rings is 2. The Kier molecular flexibility index (Phi) is 5.45. The third-order valence-corrected chi connectivity index (χ3v) is 2.88. The van der Waals surface area contributed by atoms with Crippen molar-refractivity contribution in [2.45, 2.75) is 19.3 Å². The highest BCUT2D eigenvalue weighted by Crippen LogP contribution is 2.23. The molecule has 0 heterocycles. The number of unbranched alkanes of at least 4 members (excludes halogenated alkanes) is 2. The quantitative estimate of drug-likeness (QED) is 0.753. The first-order valence-corrected chi connectivity index (χ1v) is 6.75. The van der Waals surface area contributed by atoms with Crippen LogP contribution in [-0.4, -0.2) is 6.54 Å². The molecule has 0 saturated carbocycles. The maximum atomic E-state index is 5.81. The molecule has 2 rings (SSSR count). The Hall–Kier alpha value is -1.80. The molecule has 0 aliphatic heterocycles. The van der Waals surface area contributed by atoms with Crippen LogP contribution in [0.5, 0.6) is 11.5 Å². The molecule has 0 aliphatic rings. The monoisotopic (exact) mass is 254 g/mol. The van der Waals surface area contributed by atoms with E-state index in [1.165, 1.54) is 5.56 Å². The van der Waals surface area contributed by atoms with Crippen LogP contribution in [0.1, 0.15) is 24.8 Å². The molecule has 0 saturated heterocycles. The van der Waals surface area contributed by atoms with E-state index in [-0.39, 0.29) is 0 Å². The molecule has 19 heavy (non-hydrogen) atoms. The molecule has 2 N–H and O–H groups in total. The van der Waals surface area contributed by atoms with Gasteiger partial charge in [0.1, 0.15) is 11.5 Å². The predicted molar refractivity (Wildman–Crippen MR) is 79.3 cm³/mol. The molecule has 0 unspecified atom stereocenters. The lowest BCUT2D eigenvalue weighted by molar-refractivity contribution is 0.482. The van der Waals surface area contributed by atoms with Crippen LogP contribution in [0.2, 0.25) is 0 Å². The molecule has 0 spiro atoms. The van der Waals surface area contributed by atoms with E-state index in [1.54, 1.807) is 0 Å². The lowest BCUT2D eigenvalue weighted by Crippen LogP contribution is -1.97. The Balaban J connectivity index is 1.91. The maximum absolute atomic E-state index is 5.81. The second-order valence-corrected chi connectivity index (χ2v) is 4.48. The summed E-state index contributed by atoms with van der Waals surface area (Å²) >= 11 is 0.